The topological polar surface area (TPSA) is 30.5 Å². The fourth-order valence-electron chi connectivity index (χ4n) is 3.59. The Morgan fingerprint density at radius 2 is 2.29 bits per heavy atom. The number of benzene rings is 1. The highest BCUT2D eigenvalue weighted by atomic mass is 79.9. The molecule has 3 atom stereocenters. The molecule has 21 heavy (non-hydrogen) atoms. The molecule has 2 aliphatic rings. The number of hydrogen-bond donors (Lipinski definition) is 1. The fraction of sp³-hybridized carbons (Fsp3) is 0.625. The minimum atomic E-state index is -0.221. The van der Waals surface area contributed by atoms with Crippen LogP contribution < -0.4 is 5.32 Å². The van der Waals surface area contributed by atoms with Crippen molar-refractivity contribution in [1.82, 2.24) is 5.32 Å². The van der Waals surface area contributed by atoms with Crippen molar-refractivity contribution in [3.05, 3.63) is 34.1 Å². The second-order valence-electron chi connectivity index (χ2n) is 6.03. The van der Waals surface area contributed by atoms with Crippen LogP contribution in [0.1, 0.15) is 30.9 Å². The SMILES string of the molecule is CNC(c1ccc(F)c(Br)c1)C1CCOC2(CCOC2)C1. The Hall–Kier alpha value is -0.490. The molecule has 3 nitrogen and oxygen atoms in total. The molecule has 1 N–H and O–H groups in total. The Morgan fingerprint density at radius 1 is 1.43 bits per heavy atom. The predicted molar refractivity (Wildman–Crippen MR) is 82.7 cm³/mol. The van der Waals surface area contributed by atoms with Crippen molar-refractivity contribution in [2.75, 3.05) is 26.9 Å². The van der Waals surface area contributed by atoms with E-state index < -0.39 is 0 Å². The van der Waals surface area contributed by atoms with Crippen molar-refractivity contribution in [3.63, 3.8) is 0 Å². The van der Waals surface area contributed by atoms with Gasteiger partial charge >= 0.3 is 0 Å². The minimum Gasteiger partial charge on any atom is -0.378 e. The number of rotatable bonds is 3. The second-order valence-corrected chi connectivity index (χ2v) is 6.88. The number of ether oxygens (including phenoxy) is 2. The zero-order chi connectivity index (χ0) is 14.9. The van der Waals surface area contributed by atoms with Crippen LogP contribution in [0.25, 0.3) is 0 Å². The molecule has 0 saturated carbocycles. The van der Waals surface area contributed by atoms with Gasteiger partial charge in [0.2, 0.25) is 0 Å². The largest absolute Gasteiger partial charge is 0.378 e. The molecule has 0 aliphatic carbocycles. The van der Waals surface area contributed by atoms with Gasteiger partial charge in [-0.05, 0) is 59.4 Å². The van der Waals surface area contributed by atoms with Crippen molar-refractivity contribution in [1.29, 1.82) is 0 Å². The highest BCUT2D eigenvalue weighted by molar-refractivity contribution is 9.10. The minimum absolute atomic E-state index is 0.102. The lowest BCUT2D eigenvalue weighted by Gasteiger charge is -2.40. The van der Waals surface area contributed by atoms with Gasteiger partial charge in [-0.25, -0.2) is 4.39 Å². The van der Waals surface area contributed by atoms with Crippen LogP contribution in [0.2, 0.25) is 0 Å². The van der Waals surface area contributed by atoms with Crippen molar-refractivity contribution in [3.8, 4) is 0 Å². The quantitative estimate of drug-likeness (QED) is 0.898. The summed E-state index contributed by atoms with van der Waals surface area (Å²) in [6.07, 6.45) is 2.99. The molecule has 3 rings (SSSR count). The van der Waals surface area contributed by atoms with Gasteiger partial charge in [-0.1, -0.05) is 6.07 Å². The first-order valence-corrected chi connectivity index (χ1v) is 8.27. The zero-order valence-electron chi connectivity index (χ0n) is 12.2. The third kappa shape index (κ3) is 3.16. The van der Waals surface area contributed by atoms with Gasteiger partial charge in [0.25, 0.3) is 0 Å². The van der Waals surface area contributed by atoms with Crippen LogP contribution in [0.15, 0.2) is 22.7 Å². The van der Waals surface area contributed by atoms with E-state index in [9.17, 15) is 4.39 Å². The van der Waals surface area contributed by atoms with Gasteiger partial charge < -0.3 is 14.8 Å². The monoisotopic (exact) mass is 357 g/mol. The lowest BCUT2D eigenvalue weighted by Crippen LogP contribution is -2.43. The van der Waals surface area contributed by atoms with E-state index in [1.807, 2.05) is 19.2 Å². The van der Waals surface area contributed by atoms with Crippen molar-refractivity contribution >= 4 is 15.9 Å². The van der Waals surface area contributed by atoms with Gasteiger partial charge in [-0.2, -0.15) is 0 Å². The molecule has 0 amide bonds. The summed E-state index contributed by atoms with van der Waals surface area (Å²) in [6.45, 7) is 2.26. The second kappa shape index (κ2) is 6.32. The normalized spacial score (nSPS) is 30.7. The Morgan fingerprint density at radius 3 is 2.95 bits per heavy atom. The van der Waals surface area contributed by atoms with E-state index in [2.05, 4.69) is 21.2 Å². The summed E-state index contributed by atoms with van der Waals surface area (Å²) in [7, 11) is 1.97. The van der Waals surface area contributed by atoms with E-state index in [4.69, 9.17) is 9.47 Å². The molecule has 0 bridgehead atoms. The van der Waals surface area contributed by atoms with Crippen molar-refractivity contribution in [2.45, 2.75) is 30.9 Å². The van der Waals surface area contributed by atoms with Crippen LogP contribution in [0, 0.1) is 11.7 Å². The van der Waals surface area contributed by atoms with Crippen LogP contribution in [0.3, 0.4) is 0 Å². The smallest absolute Gasteiger partial charge is 0.137 e. The first kappa shape index (κ1) is 15.4. The maximum absolute atomic E-state index is 13.4. The van der Waals surface area contributed by atoms with E-state index in [1.54, 1.807) is 0 Å². The zero-order valence-corrected chi connectivity index (χ0v) is 13.8. The third-order valence-electron chi connectivity index (χ3n) is 4.68. The van der Waals surface area contributed by atoms with E-state index in [0.29, 0.717) is 17.0 Å². The van der Waals surface area contributed by atoms with Gasteiger partial charge in [-0.15, -0.1) is 0 Å². The molecule has 116 valence electrons. The lowest BCUT2D eigenvalue weighted by atomic mass is 9.79. The molecule has 2 heterocycles. The molecular formula is C16H21BrFNO2. The van der Waals surface area contributed by atoms with Crippen LogP contribution in [0.5, 0.6) is 0 Å². The Balaban J connectivity index is 1.80. The molecule has 1 spiro atoms. The molecule has 1 aromatic carbocycles. The van der Waals surface area contributed by atoms with Crippen molar-refractivity contribution in [2.24, 2.45) is 5.92 Å². The predicted octanol–water partition coefficient (Wildman–Crippen LogP) is 3.43. The first-order valence-electron chi connectivity index (χ1n) is 7.47. The highest BCUT2D eigenvalue weighted by Crippen LogP contribution is 2.41. The van der Waals surface area contributed by atoms with Crippen LogP contribution in [-0.4, -0.2) is 32.5 Å². The van der Waals surface area contributed by atoms with Gasteiger partial charge in [0, 0.05) is 25.7 Å². The number of halogens is 2. The van der Waals surface area contributed by atoms with E-state index in [1.165, 1.54) is 6.07 Å². The number of nitrogens with one attached hydrogen (secondary N) is 1. The summed E-state index contributed by atoms with van der Waals surface area (Å²) in [6, 6.07) is 5.49. The summed E-state index contributed by atoms with van der Waals surface area (Å²) < 4.78 is 25.5. The summed E-state index contributed by atoms with van der Waals surface area (Å²) in [5.41, 5.74) is 1.02. The van der Waals surface area contributed by atoms with E-state index >= 15 is 0 Å². The average molecular weight is 358 g/mol. The van der Waals surface area contributed by atoms with E-state index in [-0.39, 0.29) is 17.5 Å². The maximum atomic E-state index is 13.4. The summed E-state index contributed by atoms with van der Waals surface area (Å²) in [5, 5.41) is 3.40. The standard InChI is InChI=1S/C16H21BrFNO2/c1-19-15(11-2-3-14(18)13(17)8-11)12-4-6-21-16(9-12)5-7-20-10-16/h2-3,8,12,15,19H,4-7,9-10H2,1H3. The van der Waals surface area contributed by atoms with Gasteiger partial charge in [0.05, 0.1) is 16.7 Å². The molecule has 2 fully saturated rings. The third-order valence-corrected chi connectivity index (χ3v) is 5.29. The molecule has 2 aliphatic heterocycles. The highest BCUT2D eigenvalue weighted by Gasteiger charge is 2.43. The molecule has 1 aromatic rings. The van der Waals surface area contributed by atoms with E-state index in [0.717, 1.165) is 38.0 Å². The van der Waals surface area contributed by atoms with Gasteiger partial charge in [-0.3, -0.25) is 0 Å². The van der Waals surface area contributed by atoms with Crippen molar-refractivity contribution < 1.29 is 13.9 Å². The lowest BCUT2D eigenvalue weighted by molar-refractivity contribution is -0.103. The summed E-state index contributed by atoms with van der Waals surface area (Å²) >= 11 is 3.28. The Labute approximate surface area is 133 Å². The average Bonchev–Trinajstić information content (AvgIpc) is 2.91. The molecule has 0 aromatic heterocycles. The summed E-state index contributed by atoms with van der Waals surface area (Å²) in [5.74, 6) is 0.254. The van der Waals surface area contributed by atoms with Crippen LogP contribution in [-0.2, 0) is 9.47 Å². The molecule has 0 radical (unpaired) electrons. The Bertz CT molecular complexity index is 505. The molecule has 5 heteroatoms. The Kier molecular flexibility index (Phi) is 4.64. The number of hydrogen-bond acceptors (Lipinski definition) is 3. The molecule has 3 unspecified atom stereocenters. The van der Waals surface area contributed by atoms with Crippen LogP contribution in [0.4, 0.5) is 4.39 Å². The fourth-order valence-corrected chi connectivity index (χ4v) is 3.99. The summed E-state index contributed by atoms with van der Waals surface area (Å²) in [4.78, 5) is 0. The molecule has 2 saturated heterocycles. The maximum Gasteiger partial charge on any atom is 0.137 e. The van der Waals surface area contributed by atoms with Gasteiger partial charge in [0.1, 0.15) is 5.82 Å². The first-order chi connectivity index (χ1) is 10.1. The van der Waals surface area contributed by atoms with Gasteiger partial charge in [0.15, 0.2) is 0 Å². The molecular weight excluding hydrogens is 337 g/mol. The van der Waals surface area contributed by atoms with Crippen LogP contribution >= 0.6 is 15.9 Å².